The molecule has 15 heavy (non-hydrogen) atoms. The van der Waals surface area contributed by atoms with Gasteiger partial charge in [-0.15, -0.1) is 0 Å². The van der Waals surface area contributed by atoms with Gasteiger partial charge in [0, 0.05) is 18.8 Å². The van der Waals surface area contributed by atoms with E-state index < -0.39 is 0 Å². The van der Waals surface area contributed by atoms with Gasteiger partial charge in [0.15, 0.2) is 0 Å². The second-order valence-corrected chi connectivity index (χ2v) is 3.07. The van der Waals surface area contributed by atoms with Crippen molar-refractivity contribution >= 4 is 0 Å². The first-order valence-electron chi connectivity index (χ1n) is 4.68. The molecule has 0 unspecified atom stereocenters. The van der Waals surface area contributed by atoms with E-state index in [1.54, 1.807) is 12.5 Å². The van der Waals surface area contributed by atoms with Gasteiger partial charge in [0.05, 0.1) is 6.26 Å². The van der Waals surface area contributed by atoms with E-state index in [1.165, 1.54) is 0 Å². The zero-order valence-electron chi connectivity index (χ0n) is 8.22. The molecule has 2 aromatic heterocycles. The van der Waals surface area contributed by atoms with E-state index in [4.69, 9.17) is 14.9 Å². The van der Waals surface area contributed by atoms with E-state index in [2.05, 4.69) is 4.98 Å². The summed E-state index contributed by atoms with van der Waals surface area (Å²) in [5, 5.41) is 0. The summed E-state index contributed by atoms with van der Waals surface area (Å²) in [6.45, 7) is 0.869. The van der Waals surface area contributed by atoms with Gasteiger partial charge in [-0.25, -0.2) is 4.98 Å². The molecule has 2 N–H and O–H groups in total. The predicted molar refractivity (Wildman–Crippen MR) is 55.2 cm³/mol. The van der Waals surface area contributed by atoms with Crippen molar-refractivity contribution in [1.82, 2.24) is 4.98 Å². The zero-order valence-corrected chi connectivity index (χ0v) is 8.22. The lowest BCUT2D eigenvalue weighted by Crippen LogP contribution is -1.99. The topological polar surface area (TPSA) is 61.3 Å². The van der Waals surface area contributed by atoms with Crippen molar-refractivity contribution in [2.45, 2.75) is 13.2 Å². The van der Waals surface area contributed by atoms with E-state index in [0.717, 1.165) is 11.3 Å². The highest BCUT2D eigenvalue weighted by Crippen LogP contribution is 2.11. The van der Waals surface area contributed by atoms with Crippen LogP contribution < -0.4 is 10.5 Å². The van der Waals surface area contributed by atoms with E-state index in [0.29, 0.717) is 19.0 Å². The second kappa shape index (κ2) is 4.61. The van der Waals surface area contributed by atoms with Crippen molar-refractivity contribution in [2.75, 3.05) is 0 Å². The molecular formula is C11H12N2O2. The minimum atomic E-state index is 0.383. The minimum Gasteiger partial charge on any atom is -0.469 e. The molecule has 2 aromatic rings. The fourth-order valence-electron chi connectivity index (χ4n) is 1.20. The number of pyridine rings is 1. The highest BCUT2D eigenvalue weighted by atomic mass is 16.5. The Morgan fingerprint density at radius 2 is 2.33 bits per heavy atom. The van der Waals surface area contributed by atoms with Crippen LogP contribution in [0.3, 0.4) is 0 Å². The summed E-state index contributed by atoms with van der Waals surface area (Å²) >= 11 is 0. The lowest BCUT2D eigenvalue weighted by Gasteiger charge is -2.04. The van der Waals surface area contributed by atoms with Crippen molar-refractivity contribution in [3.05, 3.63) is 48.0 Å². The minimum absolute atomic E-state index is 0.383. The van der Waals surface area contributed by atoms with Crippen molar-refractivity contribution in [2.24, 2.45) is 5.73 Å². The summed E-state index contributed by atoms with van der Waals surface area (Å²) in [5.74, 6) is 1.34. The normalized spacial score (nSPS) is 10.2. The molecule has 0 saturated heterocycles. The molecule has 0 bridgehead atoms. The molecular weight excluding hydrogens is 192 g/mol. The molecule has 0 aromatic carbocycles. The Hall–Kier alpha value is -1.81. The first kappa shape index (κ1) is 9.73. The standard InChI is InChI=1S/C11H12N2O2/c12-7-9-3-4-13-11(6-9)15-8-10-2-1-5-14-10/h1-6H,7-8,12H2. The van der Waals surface area contributed by atoms with Crippen LogP contribution >= 0.6 is 0 Å². The Morgan fingerprint density at radius 3 is 3.07 bits per heavy atom. The average Bonchev–Trinajstić information content (AvgIpc) is 2.79. The van der Waals surface area contributed by atoms with Crippen LogP contribution in [-0.2, 0) is 13.2 Å². The van der Waals surface area contributed by atoms with Gasteiger partial charge < -0.3 is 14.9 Å². The van der Waals surface area contributed by atoms with Gasteiger partial charge in [-0.05, 0) is 23.8 Å². The number of furan rings is 1. The molecule has 0 aliphatic heterocycles. The molecule has 4 heteroatoms. The average molecular weight is 204 g/mol. The third-order valence-electron chi connectivity index (χ3n) is 1.98. The number of nitrogens with zero attached hydrogens (tertiary/aromatic N) is 1. The summed E-state index contributed by atoms with van der Waals surface area (Å²) < 4.78 is 10.6. The second-order valence-electron chi connectivity index (χ2n) is 3.07. The molecule has 0 aliphatic carbocycles. The zero-order chi connectivity index (χ0) is 10.5. The highest BCUT2D eigenvalue weighted by molar-refractivity contribution is 5.20. The fraction of sp³-hybridized carbons (Fsp3) is 0.182. The molecule has 0 amide bonds. The lowest BCUT2D eigenvalue weighted by molar-refractivity contribution is 0.260. The number of hydrogen-bond donors (Lipinski definition) is 1. The van der Waals surface area contributed by atoms with Crippen LogP contribution in [0.15, 0.2) is 41.1 Å². The van der Waals surface area contributed by atoms with E-state index in [9.17, 15) is 0 Å². The van der Waals surface area contributed by atoms with Gasteiger partial charge >= 0.3 is 0 Å². The van der Waals surface area contributed by atoms with E-state index in [1.807, 2.05) is 24.3 Å². The SMILES string of the molecule is NCc1ccnc(OCc2ccco2)c1. The Labute approximate surface area is 87.7 Å². The van der Waals surface area contributed by atoms with Gasteiger partial charge in [-0.2, -0.15) is 0 Å². The maximum Gasteiger partial charge on any atom is 0.213 e. The summed E-state index contributed by atoms with van der Waals surface area (Å²) in [6.07, 6.45) is 3.29. The Balaban J connectivity index is 1.98. The Kier molecular flexibility index (Phi) is 2.99. The van der Waals surface area contributed by atoms with Gasteiger partial charge in [0.1, 0.15) is 12.4 Å². The summed E-state index contributed by atoms with van der Waals surface area (Å²) in [5.41, 5.74) is 6.51. The summed E-state index contributed by atoms with van der Waals surface area (Å²) in [4.78, 5) is 4.07. The van der Waals surface area contributed by atoms with Gasteiger partial charge in [-0.1, -0.05) is 0 Å². The number of aromatic nitrogens is 1. The summed E-state index contributed by atoms with van der Waals surface area (Å²) in [7, 11) is 0. The third kappa shape index (κ3) is 2.57. The largest absolute Gasteiger partial charge is 0.469 e. The molecule has 0 spiro atoms. The van der Waals surface area contributed by atoms with E-state index in [-0.39, 0.29) is 0 Å². The van der Waals surface area contributed by atoms with Gasteiger partial charge in [-0.3, -0.25) is 0 Å². The predicted octanol–water partition coefficient (Wildman–Crippen LogP) is 1.71. The number of ether oxygens (including phenoxy) is 1. The van der Waals surface area contributed by atoms with Crippen molar-refractivity contribution < 1.29 is 9.15 Å². The fourth-order valence-corrected chi connectivity index (χ4v) is 1.20. The van der Waals surface area contributed by atoms with Crippen LogP contribution in [0.4, 0.5) is 0 Å². The lowest BCUT2D eigenvalue weighted by atomic mass is 10.3. The van der Waals surface area contributed by atoms with Gasteiger partial charge in [0.25, 0.3) is 0 Å². The van der Waals surface area contributed by atoms with Crippen molar-refractivity contribution in [3.63, 3.8) is 0 Å². The van der Waals surface area contributed by atoms with Crippen LogP contribution in [0.1, 0.15) is 11.3 Å². The highest BCUT2D eigenvalue weighted by Gasteiger charge is 1.99. The third-order valence-corrected chi connectivity index (χ3v) is 1.98. The van der Waals surface area contributed by atoms with Crippen LogP contribution in [0.2, 0.25) is 0 Å². The first-order chi connectivity index (χ1) is 7.38. The molecule has 78 valence electrons. The molecule has 0 aliphatic rings. The first-order valence-corrected chi connectivity index (χ1v) is 4.68. The molecule has 2 rings (SSSR count). The van der Waals surface area contributed by atoms with Crippen molar-refractivity contribution in [1.29, 1.82) is 0 Å². The Bertz CT molecular complexity index is 412. The van der Waals surface area contributed by atoms with Gasteiger partial charge in [0.2, 0.25) is 5.88 Å². The van der Waals surface area contributed by atoms with Crippen LogP contribution in [0.5, 0.6) is 5.88 Å². The monoisotopic (exact) mass is 204 g/mol. The van der Waals surface area contributed by atoms with Crippen LogP contribution in [0, 0.1) is 0 Å². The maximum absolute atomic E-state index is 5.51. The van der Waals surface area contributed by atoms with E-state index >= 15 is 0 Å². The van der Waals surface area contributed by atoms with Crippen LogP contribution in [-0.4, -0.2) is 4.98 Å². The number of rotatable bonds is 4. The number of nitrogens with two attached hydrogens (primary N) is 1. The Morgan fingerprint density at radius 1 is 1.40 bits per heavy atom. The molecule has 0 atom stereocenters. The molecule has 0 saturated carbocycles. The smallest absolute Gasteiger partial charge is 0.213 e. The van der Waals surface area contributed by atoms with Crippen LogP contribution in [0.25, 0.3) is 0 Å². The summed E-state index contributed by atoms with van der Waals surface area (Å²) in [6, 6.07) is 7.36. The molecule has 2 heterocycles. The number of hydrogen-bond acceptors (Lipinski definition) is 4. The molecule has 4 nitrogen and oxygen atoms in total. The van der Waals surface area contributed by atoms with Crippen molar-refractivity contribution in [3.8, 4) is 5.88 Å². The molecule has 0 radical (unpaired) electrons. The molecule has 0 fully saturated rings. The quantitative estimate of drug-likeness (QED) is 0.823. The maximum atomic E-state index is 5.51.